The predicted octanol–water partition coefficient (Wildman–Crippen LogP) is 4.63. The number of piperidine rings is 1. The van der Waals surface area contributed by atoms with E-state index in [1.54, 1.807) is 11.3 Å². The van der Waals surface area contributed by atoms with Crippen molar-refractivity contribution in [3.8, 4) is 10.4 Å². The Hall–Kier alpha value is -2.97. The first-order valence-electron chi connectivity index (χ1n) is 11.2. The number of hydrogen-bond acceptors (Lipinski definition) is 5. The zero-order valence-electron chi connectivity index (χ0n) is 18.4. The van der Waals surface area contributed by atoms with Crippen LogP contribution < -0.4 is 5.32 Å². The van der Waals surface area contributed by atoms with E-state index in [0.29, 0.717) is 24.1 Å². The molecule has 1 N–H and O–H groups in total. The minimum Gasteiger partial charge on any atom is -0.349 e. The quantitative estimate of drug-likeness (QED) is 0.457. The molecule has 0 spiro atoms. The van der Waals surface area contributed by atoms with Gasteiger partial charge in [0.2, 0.25) is 0 Å². The lowest BCUT2D eigenvalue weighted by Crippen LogP contribution is -2.45. The van der Waals surface area contributed by atoms with Crippen molar-refractivity contribution in [2.45, 2.75) is 26.3 Å². The van der Waals surface area contributed by atoms with Crippen LogP contribution in [0.25, 0.3) is 15.4 Å². The van der Waals surface area contributed by atoms with Crippen LogP contribution in [0.1, 0.15) is 38.5 Å². The van der Waals surface area contributed by atoms with Crippen molar-refractivity contribution in [2.75, 3.05) is 13.1 Å². The number of amides is 2. The maximum Gasteiger partial charge on any atom is 0.270 e. The number of aromatic nitrogens is 2. The number of carbonyl (C=O) groups excluding carboxylic acids is 2. The molecule has 1 aromatic carbocycles. The van der Waals surface area contributed by atoms with Crippen LogP contribution in [-0.4, -0.2) is 45.2 Å². The van der Waals surface area contributed by atoms with Crippen LogP contribution in [0.2, 0.25) is 0 Å². The number of imidazole rings is 1. The fourth-order valence-electron chi connectivity index (χ4n) is 5.08. The average molecular weight is 477 g/mol. The summed E-state index contributed by atoms with van der Waals surface area (Å²) in [6, 6.07) is 10.3. The summed E-state index contributed by atoms with van der Waals surface area (Å²) in [7, 11) is 0. The summed E-state index contributed by atoms with van der Waals surface area (Å²) in [4.78, 5) is 34.9. The standard InChI is InChI=1S/C25H24N4O2S2/c1-14-3-5-16(6-4-14)22-18(7-9-32-22)24(31)29-13-17-11-19(17)20(29)12-26-23(30)21-15(2)27-25-28(21)8-10-33-25/h3-10,17,19-20H,11-13H2,1-2H3,(H,26,30)/t17-,19-,20+/m0/s1. The molecular formula is C25H24N4O2S2. The van der Waals surface area contributed by atoms with E-state index in [1.807, 2.05) is 39.2 Å². The number of thiophene rings is 1. The molecule has 6 nitrogen and oxygen atoms in total. The third-order valence-corrected chi connectivity index (χ3v) is 8.62. The summed E-state index contributed by atoms with van der Waals surface area (Å²) in [5.74, 6) is 0.964. The number of carbonyl (C=O) groups is 2. The molecule has 2 aliphatic rings. The Morgan fingerprint density at radius 1 is 1.12 bits per heavy atom. The lowest BCUT2D eigenvalue weighted by atomic mass is 10.1. The van der Waals surface area contributed by atoms with Crippen molar-refractivity contribution in [3.05, 3.63) is 69.8 Å². The average Bonchev–Trinajstić information content (AvgIpc) is 3.20. The van der Waals surface area contributed by atoms with Gasteiger partial charge in [0.05, 0.1) is 17.3 Å². The van der Waals surface area contributed by atoms with Crippen LogP contribution in [-0.2, 0) is 0 Å². The van der Waals surface area contributed by atoms with Crippen LogP contribution in [0.3, 0.4) is 0 Å². The molecule has 1 saturated carbocycles. The lowest BCUT2D eigenvalue weighted by Gasteiger charge is -2.28. The number of likely N-dealkylation sites (tertiary alicyclic amines) is 1. The Kier molecular flexibility index (Phi) is 4.88. The van der Waals surface area contributed by atoms with Crippen LogP contribution >= 0.6 is 22.7 Å². The number of aryl methyl sites for hydroxylation is 2. The van der Waals surface area contributed by atoms with Gasteiger partial charge in [0.15, 0.2) is 4.96 Å². The molecule has 0 radical (unpaired) electrons. The Balaban J connectivity index is 1.21. The number of thiazole rings is 1. The highest BCUT2D eigenvalue weighted by Gasteiger charge is 2.54. The van der Waals surface area contributed by atoms with Crippen LogP contribution in [0.4, 0.5) is 0 Å². The highest BCUT2D eigenvalue weighted by Crippen LogP contribution is 2.50. The van der Waals surface area contributed by atoms with Gasteiger partial charge in [-0.25, -0.2) is 4.98 Å². The SMILES string of the molecule is Cc1ccc(-c2sccc2C(=O)N2C[C@@H]3C[C@@H]3[C@H]2CNC(=O)c2c(C)nc3sccn23)cc1. The minimum atomic E-state index is -0.134. The minimum absolute atomic E-state index is 0.0309. The van der Waals surface area contributed by atoms with Crippen molar-refractivity contribution in [2.24, 2.45) is 11.8 Å². The van der Waals surface area contributed by atoms with Crippen molar-refractivity contribution in [1.82, 2.24) is 19.6 Å². The lowest BCUT2D eigenvalue weighted by molar-refractivity contribution is 0.0695. The third kappa shape index (κ3) is 3.48. The third-order valence-electron chi connectivity index (χ3n) is 6.90. The van der Waals surface area contributed by atoms with E-state index in [0.717, 1.165) is 39.6 Å². The molecule has 2 fully saturated rings. The fourth-order valence-corrected chi connectivity index (χ4v) is 6.73. The Labute approximate surface area is 199 Å². The maximum absolute atomic E-state index is 13.6. The van der Waals surface area contributed by atoms with E-state index < -0.39 is 0 Å². The second-order valence-electron chi connectivity index (χ2n) is 9.03. The second kappa shape index (κ2) is 7.81. The zero-order chi connectivity index (χ0) is 22.7. The first-order chi connectivity index (χ1) is 16.0. The molecule has 4 aromatic rings. The molecule has 3 aromatic heterocycles. The number of hydrogen-bond donors (Lipinski definition) is 1. The fraction of sp³-hybridized carbons (Fsp3) is 0.320. The van der Waals surface area contributed by atoms with Gasteiger partial charge in [-0.05, 0) is 49.1 Å². The highest BCUT2D eigenvalue weighted by atomic mass is 32.1. The van der Waals surface area contributed by atoms with Gasteiger partial charge >= 0.3 is 0 Å². The van der Waals surface area contributed by atoms with E-state index in [2.05, 4.69) is 41.5 Å². The normalized spacial score (nSPS) is 21.4. The van der Waals surface area contributed by atoms with Crippen molar-refractivity contribution >= 4 is 39.4 Å². The Bertz CT molecular complexity index is 1370. The maximum atomic E-state index is 13.6. The molecule has 168 valence electrons. The van der Waals surface area contributed by atoms with E-state index in [4.69, 9.17) is 0 Å². The second-order valence-corrected chi connectivity index (χ2v) is 10.8. The number of nitrogens with one attached hydrogen (secondary N) is 1. The van der Waals surface area contributed by atoms with Gasteiger partial charge in [0.25, 0.3) is 11.8 Å². The van der Waals surface area contributed by atoms with E-state index in [-0.39, 0.29) is 17.9 Å². The van der Waals surface area contributed by atoms with Gasteiger partial charge in [0.1, 0.15) is 5.69 Å². The molecule has 1 aliphatic heterocycles. The van der Waals surface area contributed by atoms with Crippen molar-refractivity contribution in [3.63, 3.8) is 0 Å². The van der Waals surface area contributed by atoms with Gasteiger partial charge in [-0.1, -0.05) is 29.8 Å². The molecule has 4 heterocycles. The van der Waals surface area contributed by atoms with Crippen LogP contribution in [0.5, 0.6) is 0 Å². The topological polar surface area (TPSA) is 66.7 Å². The number of fused-ring (bicyclic) bond motifs is 2. The Morgan fingerprint density at radius 2 is 1.94 bits per heavy atom. The van der Waals surface area contributed by atoms with Crippen molar-refractivity contribution in [1.29, 1.82) is 0 Å². The summed E-state index contributed by atoms with van der Waals surface area (Å²) < 4.78 is 1.84. The molecule has 3 atom stereocenters. The molecule has 0 bridgehead atoms. The van der Waals surface area contributed by atoms with Gasteiger partial charge < -0.3 is 10.2 Å². The molecule has 2 amide bonds. The molecule has 6 rings (SSSR count). The summed E-state index contributed by atoms with van der Waals surface area (Å²) >= 11 is 3.12. The number of benzene rings is 1. The summed E-state index contributed by atoms with van der Waals surface area (Å²) in [6.45, 7) is 5.16. The van der Waals surface area contributed by atoms with Gasteiger partial charge in [-0.2, -0.15) is 0 Å². The molecule has 0 unspecified atom stereocenters. The Morgan fingerprint density at radius 3 is 2.76 bits per heavy atom. The van der Waals surface area contributed by atoms with Gasteiger partial charge in [0, 0.05) is 29.5 Å². The van der Waals surface area contributed by atoms with E-state index in [9.17, 15) is 9.59 Å². The van der Waals surface area contributed by atoms with E-state index >= 15 is 0 Å². The van der Waals surface area contributed by atoms with Crippen molar-refractivity contribution < 1.29 is 9.59 Å². The van der Waals surface area contributed by atoms with Gasteiger partial charge in [-0.15, -0.1) is 22.7 Å². The van der Waals surface area contributed by atoms with Crippen LogP contribution in [0, 0.1) is 25.7 Å². The molecule has 8 heteroatoms. The molecule has 1 aliphatic carbocycles. The summed E-state index contributed by atoms with van der Waals surface area (Å²) in [5.41, 5.74) is 4.34. The highest BCUT2D eigenvalue weighted by molar-refractivity contribution is 7.15. The smallest absolute Gasteiger partial charge is 0.270 e. The first-order valence-corrected chi connectivity index (χ1v) is 12.9. The summed E-state index contributed by atoms with van der Waals surface area (Å²) in [6.07, 6.45) is 3.01. The molecular weight excluding hydrogens is 452 g/mol. The van der Waals surface area contributed by atoms with E-state index in [1.165, 1.54) is 16.9 Å². The van der Waals surface area contributed by atoms with Crippen LogP contribution in [0.15, 0.2) is 47.3 Å². The monoisotopic (exact) mass is 476 g/mol. The summed E-state index contributed by atoms with van der Waals surface area (Å²) in [5, 5.41) is 7.02. The predicted molar refractivity (Wildman–Crippen MR) is 131 cm³/mol. The molecule has 33 heavy (non-hydrogen) atoms. The number of nitrogens with zero attached hydrogens (tertiary/aromatic N) is 3. The molecule has 1 saturated heterocycles. The first kappa shape index (κ1) is 20.6. The number of rotatable bonds is 5. The largest absolute Gasteiger partial charge is 0.349 e. The zero-order valence-corrected chi connectivity index (χ0v) is 20.1. The van der Waals surface area contributed by atoms with Gasteiger partial charge in [-0.3, -0.25) is 14.0 Å².